The number of benzene rings is 2. The number of carbonyl (C=O) groups excluding carboxylic acids is 5. The van der Waals surface area contributed by atoms with Crippen molar-refractivity contribution in [2.24, 2.45) is 23.7 Å². The van der Waals surface area contributed by atoms with Gasteiger partial charge in [-0.25, -0.2) is 36.2 Å². The molecule has 0 radical (unpaired) electrons. The van der Waals surface area contributed by atoms with Crippen LogP contribution in [0, 0.1) is 23.7 Å². The number of imide groups is 2. The number of aldehydes is 1. The average Bonchev–Trinajstić information content (AvgIpc) is 3.90. The van der Waals surface area contributed by atoms with Gasteiger partial charge in [-0.1, -0.05) is 78.6 Å². The quantitative estimate of drug-likeness (QED) is 0.146. The molecule has 61 heavy (non-hydrogen) atoms. The molecule has 4 heterocycles. The molecule has 2 aromatic rings. The van der Waals surface area contributed by atoms with Gasteiger partial charge in [0.15, 0.2) is 19.7 Å². The zero-order chi connectivity index (χ0) is 42.4. The number of sulfone groups is 2. The number of amides is 4. The van der Waals surface area contributed by atoms with Gasteiger partial charge < -0.3 is 23.7 Å². The third kappa shape index (κ3) is 12.8. The monoisotopic (exact) mass is 892 g/mol. The van der Waals surface area contributed by atoms with Crippen LogP contribution < -0.4 is 0 Å². The van der Waals surface area contributed by atoms with Gasteiger partial charge >= 0.3 is 12.2 Å². The van der Waals surface area contributed by atoms with Gasteiger partial charge in [-0.3, -0.25) is 9.59 Å². The predicted octanol–water partition coefficient (Wildman–Crippen LogP) is 6.55. The predicted molar refractivity (Wildman–Crippen MR) is 230 cm³/mol. The molecule has 340 valence electrons. The second-order valence-corrected chi connectivity index (χ2v) is 19.4. The second-order valence-electron chi connectivity index (χ2n) is 15.3. The molecule has 4 aliphatic heterocycles. The van der Waals surface area contributed by atoms with E-state index in [-0.39, 0.29) is 112 Å². The van der Waals surface area contributed by atoms with Gasteiger partial charge in [0.2, 0.25) is 11.8 Å². The summed E-state index contributed by atoms with van der Waals surface area (Å²) in [5.74, 6) is -1.67. The highest BCUT2D eigenvalue weighted by molar-refractivity contribution is 7.91. The Morgan fingerprint density at radius 1 is 0.656 bits per heavy atom. The fourth-order valence-corrected chi connectivity index (χ4v) is 11.8. The molecular formula is C44H64N2O13S2. The van der Waals surface area contributed by atoms with Crippen LogP contribution in [-0.2, 0) is 53.0 Å². The Balaban J connectivity index is 0.000000400. The summed E-state index contributed by atoms with van der Waals surface area (Å²) in [6.07, 6.45) is 0.150. The van der Waals surface area contributed by atoms with E-state index in [4.69, 9.17) is 18.9 Å². The Morgan fingerprint density at radius 2 is 1.02 bits per heavy atom. The molecule has 2 aromatic carbocycles. The Bertz CT molecular complexity index is 1890. The van der Waals surface area contributed by atoms with E-state index in [0.717, 1.165) is 16.1 Å². The van der Waals surface area contributed by atoms with Crippen LogP contribution in [0.1, 0.15) is 75.7 Å². The third-order valence-corrected chi connectivity index (χ3v) is 15.1. The van der Waals surface area contributed by atoms with Crippen LogP contribution in [-0.4, -0.2) is 118 Å². The Hall–Kier alpha value is -4.45. The van der Waals surface area contributed by atoms with E-state index in [1.54, 1.807) is 66.7 Å². The van der Waals surface area contributed by atoms with Crippen molar-refractivity contribution < 1.29 is 59.8 Å². The lowest BCUT2D eigenvalue weighted by atomic mass is 9.87. The fraction of sp³-hybridized carbons (Fsp3) is 0.568. The largest absolute Gasteiger partial charge is 0.444 e. The fourth-order valence-electron chi connectivity index (χ4n) is 8.18. The van der Waals surface area contributed by atoms with E-state index >= 15 is 0 Å². The van der Waals surface area contributed by atoms with Crippen molar-refractivity contribution in [3.8, 4) is 0 Å². The SMILES string of the molecule is C.C.C.C=CC[C@@H]1O[C@H](C[C@H]2CN(C(C)=O)C(=O)O2)[C@H](C)[C@H]1CS(=O)(=O)c1ccccc1.CC(=O)N1C[C@H](C[C@H]2O[C@@H](CC=O)[C@H](CS(=O)(=O)c3ccccc3)[C@H]2C)OC1=O. The molecule has 4 saturated heterocycles. The van der Waals surface area contributed by atoms with Crippen LogP contribution in [0.4, 0.5) is 9.59 Å². The number of hydrogen-bond acceptors (Lipinski definition) is 13. The molecule has 10 atom stereocenters. The third-order valence-electron chi connectivity index (χ3n) is 11.4. The van der Waals surface area contributed by atoms with Crippen molar-refractivity contribution in [1.82, 2.24) is 9.80 Å². The first kappa shape index (κ1) is 52.7. The minimum atomic E-state index is -3.54. The molecular weight excluding hydrogens is 829 g/mol. The van der Waals surface area contributed by atoms with Gasteiger partial charge in [0.05, 0.1) is 58.8 Å². The topological polar surface area (TPSA) is 197 Å². The highest BCUT2D eigenvalue weighted by Crippen LogP contribution is 2.40. The van der Waals surface area contributed by atoms with Gasteiger partial charge in [-0.2, -0.15) is 0 Å². The first-order valence-electron chi connectivity index (χ1n) is 19.3. The molecule has 6 rings (SSSR count). The van der Waals surface area contributed by atoms with Crippen molar-refractivity contribution >= 4 is 50.0 Å². The first-order valence-corrected chi connectivity index (χ1v) is 22.6. The minimum Gasteiger partial charge on any atom is -0.444 e. The van der Waals surface area contributed by atoms with Crippen molar-refractivity contribution in [3.63, 3.8) is 0 Å². The number of ether oxygens (including phenoxy) is 4. The summed E-state index contributed by atoms with van der Waals surface area (Å²) in [5, 5.41) is 0. The minimum absolute atomic E-state index is 0. The molecule has 17 heteroatoms. The van der Waals surface area contributed by atoms with Crippen LogP contribution in [0.25, 0.3) is 0 Å². The molecule has 0 aliphatic carbocycles. The maximum absolute atomic E-state index is 12.9. The lowest BCUT2D eigenvalue weighted by molar-refractivity contribution is -0.126. The standard InChI is InChI=1S/C21H27NO6S.C20H25NO7S.3CH4/c1-4-8-19-18(13-29(25,26)17-9-6-5-7-10-17)14(2)20(28-19)11-16-12-22(15(3)23)21(24)27-16;1-13-17(12-29(25,26)16-6-4-3-5-7-16)18(8-9-22)28-19(13)10-15-11-21(14(2)23)20(24)27-15;;;/h4-7,9-10,14,16,18-20H,1,8,11-13H2,2-3H3;3-7,9,13,15,17-19H,8,10-12H2,1-2H3;3*1H4/t14-,16+,18-,19+,20-;13-,15+,17-,18+,19-;;;/m11.../s1. The number of cyclic esters (lactones) is 2. The van der Waals surface area contributed by atoms with Crippen molar-refractivity contribution in [3.05, 3.63) is 73.3 Å². The number of nitrogens with zero attached hydrogens (tertiary/aromatic N) is 2. The summed E-state index contributed by atoms with van der Waals surface area (Å²) in [7, 11) is -7.00. The maximum Gasteiger partial charge on any atom is 0.416 e. The van der Waals surface area contributed by atoms with Crippen molar-refractivity contribution in [2.45, 2.75) is 122 Å². The highest BCUT2D eigenvalue weighted by Gasteiger charge is 2.48. The Morgan fingerprint density at radius 3 is 1.33 bits per heavy atom. The van der Waals surface area contributed by atoms with Gasteiger partial charge in [-0.15, -0.1) is 6.58 Å². The van der Waals surface area contributed by atoms with Gasteiger partial charge in [0.25, 0.3) is 0 Å². The molecule has 4 aliphatic rings. The van der Waals surface area contributed by atoms with Crippen LogP contribution in [0.3, 0.4) is 0 Å². The summed E-state index contributed by atoms with van der Waals surface area (Å²) >= 11 is 0. The summed E-state index contributed by atoms with van der Waals surface area (Å²) in [4.78, 5) is 60.3. The highest BCUT2D eigenvalue weighted by atomic mass is 32.2. The Kier molecular flexibility index (Phi) is 19.5. The molecule has 0 unspecified atom stereocenters. The molecule has 0 aromatic heterocycles. The molecule has 4 fully saturated rings. The summed E-state index contributed by atoms with van der Waals surface area (Å²) in [5.41, 5.74) is 0. The van der Waals surface area contributed by atoms with Gasteiger partial charge in [-0.05, 0) is 42.5 Å². The van der Waals surface area contributed by atoms with E-state index in [9.17, 15) is 40.8 Å². The van der Waals surface area contributed by atoms with E-state index in [1.807, 2.05) is 13.8 Å². The number of hydrogen-bond donors (Lipinski definition) is 0. The van der Waals surface area contributed by atoms with Crippen LogP contribution >= 0.6 is 0 Å². The molecule has 0 N–H and O–H groups in total. The second kappa shape index (κ2) is 22.6. The van der Waals surface area contributed by atoms with Gasteiger partial charge in [0.1, 0.15) is 18.5 Å². The van der Waals surface area contributed by atoms with Crippen LogP contribution in [0.2, 0.25) is 0 Å². The van der Waals surface area contributed by atoms with E-state index in [0.29, 0.717) is 24.2 Å². The van der Waals surface area contributed by atoms with E-state index < -0.39 is 50.2 Å². The number of rotatable bonds is 14. The maximum atomic E-state index is 12.9. The zero-order valence-corrected chi connectivity index (χ0v) is 34.7. The van der Waals surface area contributed by atoms with Crippen LogP contribution in [0.5, 0.6) is 0 Å². The molecule has 0 saturated carbocycles. The first-order chi connectivity index (χ1) is 27.4. The normalized spacial score (nSPS) is 28.2. The Labute approximate surface area is 362 Å². The lowest BCUT2D eigenvalue weighted by Gasteiger charge is -2.21. The average molecular weight is 893 g/mol. The van der Waals surface area contributed by atoms with Gasteiger partial charge in [0, 0.05) is 44.9 Å². The van der Waals surface area contributed by atoms with Crippen molar-refractivity contribution in [2.75, 3.05) is 24.6 Å². The smallest absolute Gasteiger partial charge is 0.416 e. The van der Waals surface area contributed by atoms with E-state index in [2.05, 4.69) is 6.58 Å². The molecule has 15 nitrogen and oxygen atoms in total. The summed E-state index contributed by atoms with van der Waals surface area (Å²) < 4.78 is 74.2. The van der Waals surface area contributed by atoms with Crippen LogP contribution in [0.15, 0.2) is 83.1 Å². The number of carbonyl (C=O) groups is 5. The molecule has 0 bridgehead atoms. The summed E-state index contributed by atoms with van der Waals surface area (Å²) in [6, 6.07) is 16.6. The summed E-state index contributed by atoms with van der Waals surface area (Å²) in [6.45, 7) is 10.6. The molecule has 4 amide bonds. The van der Waals surface area contributed by atoms with Crippen molar-refractivity contribution in [1.29, 1.82) is 0 Å². The van der Waals surface area contributed by atoms with E-state index in [1.165, 1.54) is 13.8 Å². The lowest BCUT2D eigenvalue weighted by Crippen LogP contribution is -2.31. The zero-order valence-electron chi connectivity index (χ0n) is 33.1. The molecule has 0 spiro atoms.